The second-order valence-electron chi connectivity index (χ2n) is 4.35. The summed E-state index contributed by atoms with van der Waals surface area (Å²) in [5, 5.41) is 0. The molecule has 0 radical (unpaired) electrons. The number of imidazole rings is 1. The molecule has 1 heterocycles. The monoisotopic (exact) mass is 302 g/mol. The lowest BCUT2D eigenvalue weighted by Crippen LogP contribution is -2.24. The van der Waals surface area contributed by atoms with Crippen LogP contribution in [0.15, 0.2) is 18.7 Å². The van der Waals surface area contributed by atoms with Crippen LogP contribution < -0.4 is 4.57 Å². The molecule has 1 aromatic rings. The van der Waals surface area contributed by atoms with E-state index in [1.165, 1.54) is 0 Å². The van der Waals surface area contributed by atoms with E-state index in [4.69, 9.17) is 18.9 Å². The van der Waals surface area contributed by atoms with Crippen LogP contribution in [0.1, 0.15) is 6.92 Å². The summed E-state index contributed by atoms with van der Waals surface area (Å²) >= 11 is 0. The van der Waals surface area contributed by atoms with Gasteiger partial charge in [0.25, 0.3) is 0 Å². The first kappa shape index (κ1) is 20.1. The first-order chi connectivity index (χ1) is 9.83. The van der Waals surface area contributed by atoms with Gasteiger partial charge in [-0.15, -0.1) is 0 Å². The van der Waals surface area contributed by atoms with Crippen LogP contribution >= 0.6 is 0 Å². The van der Waals surface area contributed by atoms with Crippen molar-refractivity contribution in [1.29, 1.82) is 0 Å². The Hall–Kier alpha value is -0.950. The maximum absolute atomic E-state index is 5.49. The minimum absolute atomic E-state index is 0. The van der Waals surface area contributed by atoms with Crippen LogP contribution in [0.25, 0.3) is 0 Å². The summed E-state index contributed by atoms with van der Waals surface area (Å²) < 4.78 is 25.5. The van der Waals surface area contributed by atoms with E-state index in [0.717, 1.165) is 13.2 Å². The van der Waals surface area contributed by atoms with Crippen LogP contribution in [0.3, 0.4) is 0 Å². The lowest BCUT2D eigenvalue weighted by molar-refractivity contribution is -0.671. The molecule has 0 aromatic carbocycles. The first-order valence-corrected chi connectivity index (χ1v) is 7.15. The number of aryl methyl sites for hydroxylation is 1. The Labute approximate surface area is 128 Å². The van der Waals surface area contributed by atoms with E-state index in [2.05, 4.69) is 4.57 Å². The molecule has 1 rings (SSSR count). The topological polar surface area (TPSA) is 45.7 Å². The molecular formula is C15H30N2O4. The van der Waals surface area contributed by atoms with Crippen molar-refractivity contribution >= 4 is 0 Å². The Morgan fingerprint density at radius 3 is 1.86 bits per heavy atom. The lowest BCUT2D eigenvalue weighted by Gasteiger charge is -2.06. The summed E-state index contributed by atoms with van der Waals surface area (Å²) in [6, 6.07) is 0. The minimum atomic E-state index is 0. The van der Waals surface area contributed by atoms with Crippen LogP contribution in [0.5, 0.6) is 0 Å². The Morgan fingerprint density at radius 2 is 1.38 bits per heavy atom. The van der Waals surface area contributed by atoms with Crippen LogP contribution in [-0.4, -0.2) is 57.4 Å². The summed E-state index contributed by atoms with van der Waals surface area (Å²) in [6.45, 7) is 7.97. The third kappa shape index (κ3) is 11.4. The fraction of sp³-hybridized carbons (Fsp3) is 0.733. The van der Waals surface area contributed by atoms with Gasteiger partial charge in [0.2, 0.25) is 6.33 Å². The molecule has 0 N–H and O–H groups in total. The summed E-state index contributed by atoms with van der Waals surface area (Å²) in [5.74, 6) is 0. The molecular weight excluding hydrogens is 272 g/mol. The Balaban J connectivity index is 0.00000400. The van der Waals surface area contributed by atoms with Gasteiger partial charge in [0.15, 0.2) is 0 Å². The van der Waals surface area contributed by atoms with Gasteiger partial charge in [-0.1, -0.05) is 0 Å². The molecule has 0 unspecified atom stereocenters. The molecule has 0 saturated heterocycles. The third-order valence-electron chi connectivity index (χ3n) is 2.64. The van der Waals surface area contributed by atoms with Crippen LogP contribution in [0.2, 0.25) is 0 Å². The van der Waals surface area contributed by atoms with Gasteiger partial charge in [-0.05, 0) is 6.92 Å². The zero-order chi connectivity index (χ0) is 14.5. The van der Waals surface area contributed by atoms with Crippen molar-refractivity contribution in [2.24, 2.45) is 7.05 Å². The molecule has 0 aliphatic rings. The molecule has 0 amide bonds. The van der Waals surface area contributed by atoms with Crippen LogP contribution in [0, 0.1) is 7.43 Å². The van der Waals surface area contributed by atoms with Crippen molar-refractivity contribution in [2.45, 2.75) is 13.5 Å². The summed E-state index contributed by atoms with van der Waals surface area (Å²) in [7, 11) is 2.00. The predicted molar refractivity (Wildman–Crippen MR) is 81.0 cm³/mol. The molecule has 6 heteroatoms. The van der Waals surface area contributed by atoms with Gasteiger partial charge in [-0.25, -0.2) is 9.13 Å². The van der Waals surface area contributed by atoms with Crippen LogP contribution in [-0.2, 0) is 32.5 Å². The molecule has 6 nitrogen and oxygen atoms in total. The molecule has 0 fully saturated rings. The van der Waals surface area contributed by atoms with E-state index >= 15 is 0 Å². The molecule has 0 spiro atoms. The molecule has 124 valence electrons. The Morgan fingerprint density at radius 1 is 0.857 bits per heavy atom. The van der Waals surface area contributed by atoms with Gasteiger partial charge in [-0.3, -0.25) is 0 Å². The highest BCUT2D eigenvalue weighted by Crippen LogP contribution is 1.86. The normalized spacial score (nSPS) is 10.6. The van der Waals surface area contributed by atoms with Crippen LogP contribution in [0.4, 0.5) is 0 Å². The molecule has 0 saturated carbocycles. The minimum Gasteiger partial charge on any atom is -0.379 e. The number of hydrogen-bond donors (Lipinski definition) is 0. The smallest absolute Gasteiger partial charge is 0.243 e. The van der Waals surface area contributed by atoms with Gasteiger partial charge in [0, 0.05) is 6.61 Å². The quantitative estimate of drug-likeness (QED) is 0.308. The SMILES string of the molecule is CCOCCOCCOCCOCCn1cc[n+](C)c1.[CH3-]. The number of hydrogen-bond acceptors (Lipinski definition) is 4. The molecule has 0 aliphatic heterocycles. The highest BCUT2D eigenvalue weighted by Gasteiger charge is 1.99. The molecule has 0 bridgehead atoms. The Kier molecular flexibility index (Phi) is 13.4. The van der Waals surface area contributed by atoms with E-state index in [1.807, 2.05) is 37.3 Å². The number of rotatable bonds is 13. The van der Waals surface area contributed by atoms with Gasteiger partial charge < -0.3 is 26.4 Å². The highest BCUT2D eigenvalue weighted by atomic mass is 16.6. The zero-order valence-corrected chi connectivity index (χ0v) is 13.6. The number of nitrogens with zero attached hydrogens (tertiary/aromatic N) is 2. The second-order valence-corrected chi connectivity index (χ2v) is 4.35. The second kappa shape index (κ2) is 14.0. The molecule has 1 aromatic heterocycles. The number of ether oxygens (including phenoxy) is 4. The van der Waals surface area contributed by atoms with Crippen molar-refractivity contribution in [3.8, 4) is 0 Å². The van der Waals surface area contributed by atoms with E-state index < -0.39 is 0 Å². The van der Waals surface area contributed by atoms with Crippen molar-refractivity contribution in [1.82, 2.24) is 4.57 Å². The van der Waals surface area contributed by atoms with E-state index in [1.54, 1.807) is 0 Å². The fourth-order valence-electron chi connectivity index (χ4n) is 1.61. The molecule has 0 aliphatic carbocycles. The molecule has 21 heavy (non-hydrogen) atoms. The lowest BCUT2D eigenvalue weighted by atomic mass is 10.6. The molecule has 0 atom stereocenters. The van der Waals surface area contributed by atoms with Crippen molar-refractivity contribution in [3.05, 3.63) is 26.1 Å². The maximum atomic E-state index is 5.49. The fourth-order valence-corrected chi connectivity index (χ4v) is 1.61. The van der Waals surface area contributed by atoms with E-state index in [0.29, 0.717) is 46.2 Å². The van der Waals surface area contributed by atoms with Gasteiger partial charge in [0.1, 0.15) is 18.9 Å². The van der Waals surface area contributed by atoms with Crippen molar-refractivity contribution in [3.63, 3.8) is 0 Å². The van der Waals surface area contributed by atoms with Gasteiger partial charge in [0.05, 0.1) is 53.3 Å². The predicted octanol–water partition coefficient (Wildman–Crippen LogP) is 0.849. The summed E-state index contributed by atoms with van der Waals surface area (Å²) in [4.78, 5) is 0. The highest BCUT2D eigenvalue weighted by molar-refractivity contribution is 4.65. The standard InChI is InChI=1S/C14H27N2O4.CH3/c1-3-17-8-9-19-12-13-20-11-10-18-7-6-16-5-4-15(2)14-16;/h4-5,14H,3,6-13H2,1-2H3;1H3/q+1;-1. The van der Waals surface area contributed by atoms with E-state index in [-0.39, 0.29) is 7.43 Å². The zero-order valence-electron chi connectivity index (χ0n) is 13.6. The number of aromatic nitrogens is 2. The Bertz CT molecular complexity index is 331. The van der Waals surface area contributed by atoms with Crippen molar-refractivity contribution < 1.29 is 23.5 Å². The maximum Gasteiger partial charge on any atom is 0.243 e. The average Bonchev–Trinajstić information content (AvgIpc) is 2.86. The third-order valence-corrected chi connectivity index (χ3v) is 2.64. The van der Waals surface area contributed by atoms with Gasteiger partial charge in [-0.2, -0.15) is 0 Å². The van der Waals surface area contributed by atoms with E-state index in [9.17, 15) is 0 Å². The summed E-state index contributed by atoms with van der Waals surface area (Å²) in [5.41, 5.74) is 0. The largest absolute Gasteiger partial charge is 0.379 e. The van der Waals surface area contributed by atoms with Crippen molar-refractivity contribution in [2.75, 3.05) is 52.9 Å². The van der Waals surface area contributed by atoms with Gasteiger partial charge >= 0.3 is 0 Å². The first-order valence-electron chi connectivity index (χ1n) is 7.15. The summed E-state index contributed by atoms with van der Waals surface area (Å²) in [6.07, 6.45) is 6.06. The average molecular weight is 302 g/mol.